The van der Waals surface area contributed by atoms with E-state index in [9.17, 15) is 4.79 Å². The molecule has 0 bridgehead atoms. The van der Waals surface area contributed by atoms with Crippen LogP contribution in [-0.2, 0) is 0 Å². The minimum absolute atomic E-state index is 0.705. The van der Waals surface area contributed by atoms with Gasteiger partial charge in [0.15, 0.2) is 0 Å². The Kier molecular flexibility index (Phi) is 4.65. The van der Waals surface area contributed by atoms with Crippen LogP contribution in [0.25, 0.3) is 0 Å². The summed E-state index contributed by atoms with van der Waals surface area (Å²) < 4.78 is 0. The van der Waals surface area contributed by atoms with Crippen molar-refractivity contribution in [2.45, 2.75) is 20.3 Å². The van der Waals surface area contributed by atoms with Crippen molar-refractivity contribution >= 4 is 12.0 Å². The zero-order valence-electron chi connectivity index (χ0n) is 10.0. The molecule has 0 saturated carbocycles. The molecule has 0 fully saturated rings. The molecule has 2 heteroatoms. The first-order valence-electron chi connectivity index (χ1n) is 5.42. The Bertz CT molecular complexity index is 430. The molecular formula is C14H17NO. The van der Waals surface area contributed by atoms with Crippen LogP contribution in [0, 0.1) is 6.92 Å². The second-order valence-corrected chi connectivity index (χ2v) is 3.61. The number of benzene rings is 1. The maximum atomic E-state index is 10.6. The zero-order valence-corrected chi connectivity index (χ0v) is 10.0. The maximum absolute atomic E-state index is 10.6. The van der Waals surface area contributed by atoms with Crippen molar-refractivity contribution < 1.29 is 4.79 Å². The lowest BCUT2D eigenvalue weighted by molar-refractivity contribution is 0.112. The molecule has 0 unspecified atom stereocenters. The molecule has 1 aromatic rings. The number of allylic oxidation sites excluding steroid dienone is 2. The monoisotopic (exact) mass is 215 g/mol. The van der Waals surface area contributed by atoms with Crippen molar-refractivity contribution in [1.29, 1.82) is 0 Å². The molecule has 0 aromatic heterocycles. The first-order valence-corrected chi connectivity index (χ1v) is 5.42. The summed E-state index contributed by atoms with van der Waals surface area (Å²) in [4.78, 5) is 14.9. The highest BCUT2D eigenvalue weighted by molar-refractivity contribution is 6.09. The van der Waals surface area contributed by atoms with Gasteiger partial charge in [-0.2, -0.15) is 0 Å². The molecule has 1 rings (SSSR count). The van der Waals surface area contributed by atoms with E-state index in [0.717, 1.165) is 29.5 Å². The van der Waals surface area contributed by atoms with Gasteiger partial charge in [-0.15, -0.1) is 0 Å². The Morgan fingerprint density at radius 3 is 2.69 bits per heavy atom. The number of aldehydes is 1. The van der Waals surface area contributed by atoms with Crippen LogP contribution in [0.4, 0.5) is 0 Å². The highest BCUT2D eigenvalue weighted by Gasteiger charge is 2.03. The van der Waals surface area contributed by atoms with Gasteiger partial charge in [0.2, 0.25) is 0 Å². The fourth-order valence-corrected chi connectivity index (χ4v) is 1.56. The highest BCUT2D eigenvalue weighted by Crippen LogP contribution is 2.12. The number of aliphatic imine (C=N–C) groups is 1. The van der Waals surface area contributed by atoms with E-state index in [0.29, 0.717) is 5.56 Å². The number of hydrogen-bond acceptors (Lipinski definition) is 2. The summed E-state index contributed by atoms with van der Waals surface area (Å²) in [7, 11) is 1.78. The van der Waals surface area contributed by atoms with E-state index in [1.165, 1.54) is 0 Å². The predicted octanol–water partition coefficient (Wildman–Crippen LogP) is 3.19. The van der Waals surface area contributed by atoms with Crippen molar-refractivity contribution in [3.8, 4) is 0 Å². The number of rotatable bonds is 4. The lowest BCUT2D eigenvalue weighted by atomic mass is 10.0. The Balaban J connectivity index is 3.12. The third-order valence-corrected chi connectivity index (χ3v) is 2.41. The summed E-state index contributed by atoms with van der Waals surface area (Å²) in [5, 5.41) is 0. The summed E-state index contributed by atoms with van der Waals surface area (Å²) in [6.07, 6.45) is 5.95. The van der Waals surface area contributed by atoms with Gasteiger partial charge in [-0.25, -0.2) is 0 Å². The van der Waals surface area contributed by atoms with Gasteiger partial charge < -0.3 is 0 Å². The molecular weight excluding hydrogens is 198 g/mol. The Labute approximate surface area is 96.7 Å². The van der Waals surface area contributed by atoms with Crippen LogP contribution < -0.4 is 0 Å². The number of aryl methyl sites for hydroxylation is 1. The summed E-state index contributed by atoms with van der Waals surface area (Å²) in [6.45, 7) is 4.08. The van der Waals surface area contributed by atoms with Crippen molar-refractivity contribution in [2.24, 2.45) is 4.99 Å². The molecule has 0 aliphatic heterocycles. The normalized spacial score (nSPS) is 12.1. The van der Waals surface area contributed by atoms with Gasteiger partial charge in [0.25, 0.3) is 0 Å². The molecule has 0 atom stereocenters. The lowest BCUT2D eigenvalue weighted by Crippen LogP contribution is -2.00. The van der Waals surface area contributed by atoms with Crippen molar-refractivity contribution in [3.63, 3.8) is 0 Å². The number of hydrogen-bond donors (Lipinski definition) is 0. The van der Waals surface area contributed by atoms with E-state index in [2.05, 4.69) is 18.0 Å². The van der Waals surface area contributed by atoms with Gasteiger partial charge in [-0.05, 0) is 31.1 Å². The van der Waals surface area contributed by atoms with Crippen LogP contribution in [0.1, 0.15) is 34.8 Å². The molecule has 16 heavy (non-hydrogen) atoms. The van der Waals surface area contributed by atoms with E-state index in [1.807, 2.05) is 31.2 Å². The van der Waals surface area contributed by atoms with E-state index < -0.39 is 0 Å². The van der Waals surface area contributed by atoms with Crippen molar-refractivity contribution in [1.82, 2.24) is 0 Å². The molecule has 1 aromatic carbocycles. The predicted molar refractivity (Wildman–Crippen MR) is 68.5 cm³/mol. The van der Waals surface area contributed by atoms with Gasteiger partial charge in [0.05, 0.1) is 5.71 Å². The van der Waals surface area contributed by atoms with E-state index in [4.69, 9.17) is 0 Å². The molecule has 0 N–H and O–H groups in total. The average molecular weight is 215 g/mol. The van der Waals surface area contributed by atoms with Crippen LogP contribution in [0.3, 0.4) is 0 Å². The number of carbonyl (C=O) groups is 1. The fraction of sp³-hybridized carbons (Fsp3) is 0.286. The summed E-state index contributed by atoms with van der Waals surface area (Å²) >= 11 is 0. The number of nitrogens with zero attached hydrogens (tertiary/aromatic N) is 1. The van der Waals surface area contributed by atoms with Crippen LogP contribution in [0.2, 0.25) is 0 Å². The lowest BCUT2D eigenvalue weighted by Gasteiger charge is -2.06. The van der Waals surface area contributed by atoms with Crippen molar-refractivity contribution in [3.05, 3.63) is 47.0 Å². The van der Waals surface area contributed by atoms with Gasteiger partial charge in [0, 0.05) is 18.2 Å². The molecule has 0 radical (unpaired) electrons. The second-order valence-electron chi connectivity index (χ2n) is 3.61. The SMILES string of the molecule is CC/C=C\C(=NC)c1ccc(C=O)cc1C. The minimum atomic E-state index is 0.705. The quantitative estimate of drug-likeness (QED) is 0.560. The number of carbonyl (C=O) groups excluding carboxylic acids is 1. The molecule has 2 nitrogen and oxygen atoms in total. The van der Waals surface area contributed by atoms with E-state index in [1.54, 1.807) is 7.05 Å². The second kappa shape index (κ2) is 6.01. The van der Waals surface area contributed by atoms with Crippen LogP contribution in [0.5, 0.6) is 0 Å². The first kappa shape index (κ1) is 12.4. The average Bonchev–Trinajstić information content (AvgIpc) is 2.31. The molecule has 0 saturated heterocycles. The molecule has 0 heterocycles. The maximum Gasteiger partial charge on any atom is 0.150 e. The highest BCUT2D eigenvalue weighted by atomic mass is 16.1. The molecule has 0 spiro atoms. The standard InChI is InChI=1S/C14H17NO/c1-4-5-6-14(15-3)13-8-7-12(10-16)9-11(13)2/h5-10H,4H2,1-3H3/b6-5-,15-14?. The minimum Gasteiger partial charge on any atom is -0.298 e. The molecule has 0 aliphatic rings. The van der Waals surface area contributed by atoms with Gasteiger partial charge >= 0.3 is 0 Å². The molecule has 0 aliphatic carbocycles. The van der Waals surface area contributed by atoms with Crippen LogP contribution in [0.15, 0.2) is 35.3 Å². The topological polar surface area (TPSA) is 29.4 Å². The molecule has 84 valence electrons. The van der Waals surface area contributed by atoms with Crippen LogP contribution in [-0.4, -0.2) is 19.0 Å². The van der Waals surface area contributed by atoms with Crippen molar-refractivity contribution in [2.75, 3.05) is 7.05 Å². The fourth-order valence-electron chi connectivity index (χ4n) is 1.56. The van der Waals surface area contributed by atoms with E-state index >= 15 is 0 Å². The summed E-state index contributed by atoms with van der Waals surface area (Å²) in [5.74, 6) is 0. The summed E-state index contributed by atoms with van der Waals surface area (Å²) in [5.41, 5.74) is 3.82. The summed E-state index contributed by atoms with van der Waals surface area (Å²) in [6, 6.07) is 5.65. The smallest absolute Gasteiger partial charge is 0.150 e. The third kappa shape index (κ3) is 2.89. The largest absolute Gasteiger partial charge is 0.298 e. The Morgan fingerprint density at radius 2 is 2.19 bits per heavy atom. The van der Waals surface area contributed by atoms with Gasteiger partial charge in [-0.3, -0.25) is 9.79 Å². The first-order chi connectivity index (χ1) is 7.72. The zero-order chi connectivity index (χ0) is 12.0. The Morgan fingerprint density at radius 1 is 1.44 bits per heavy atom. The molecule has 0 amide bonds. The van der Waals surface area contributed by atoms with E-state index in [-0.39, 0.29) is 0 Å². The third-order valence-electron chi connectivity index (χ3n) is 2.41. The Hall–Kier alpha value is -1.70. The van der Waals surface area contributed by atoms with Gasteiger partial charge in [-0.1, -0.05) is 25.1 Å². The van der Waals surface area contributed by atoms with Crippen LogP contribution >= 0.6 is 0 Å². The van der Waals surface area contributed by atoms with Gasteiger partial charge in [0.1, 0.15) is 6.29 Å².